The van der Waals surface area contributed by atoms with Crippen molar-refractivity contribution in [2.75, 3.05) is 0 Å². The van der Waals surface area contributed by atoms with Crippen LogP contribution >= 0.6 is 0 Å². The minimum atomic E-state index is -0.0544. The van der Waals surface area contributed by atoms with Crippen molar-refractivity contribution in [3.8, 4) is 5.88 Å². The molecule has 0 saturated carbocycles. The smallest absolute Gasteiger partial charge is 0.292 e. The van der Waals surface area contributed by atoms with Gasteiger partial charge in [-0.25, -0.2) is 4.98 Å². The number of carbonyl (C=O) groups is 1. The highest BCUT2D eigenvalue weighted by Crippen LogP contribution is 2.38. The van der Waals surface area contributed by atoms with Crippen molar-refractivity contribution in [2.45, 2.75) is 43.9 Å². The van der Waals surface area contributed by atoms with Crippen molar-refractivity contribution in [2.24, 2.45) is 0 Å². The van der Waals surface area contributed by atoms with E-state index in [1.54, 1.807) is 12.3 Å². The first-order valence-electron chi connectivity index (χ1n) is 7.62. The Morgan fingerprint density at radius 2 is 2.00 bits per heavy atom. The van der Waals surface area contributed by atoms with Gasteiger partial charge in [0.15, 0.2) is 0 Å². The molecule has 2 unspecified atom stereocenters. The Balaban J connectivity index is 1.47. The number of aromatic nitrogens is 2. The summed E-state index contributed by atoms with van der Waals surface area (Å²) in [5, 5.41) is 3.62. The van der Waals surface area contributed by atoms with Gasteiger partial charge in [0.1, 0.15) is 6.10 Å². The third kappa shape index (κ3) is 2.34. The molecule has 114 valence electrons. The molecule has 2 bridgehead atoms. The van der Waals surface area contributed by atoms with Crippen molar-refractivity contribution < 1.29 is 14.1 Å². The van der Waals surface area contributed by atoms with E-state index in [4.69, 9.17) is 9.26 Å². The second-order valence-electron chi connectivity index (χ2n) is 5.85. The first kappa shape index (κ1) is 13.3. The maximum atomic E-state index is 12.5. The van der Waals surface area contributed by atoms with Crippen molar-refractivity contribution in [3.05, 3.63) is 42.4 Å². The molecule has 0 aliphatic carbocycles. The lowest BCUT2D eigenvalue weighted by Crippen LogP contribution is -2.49. The van der Waals surface area contributed by atoms with Gasteiger partial charge in [-0.3, -0.25) is 4.79 Å². The fourth-order valence-electron chi connectivity index (χ4n) is 3.60. The second-order valence-corrected chi connectivity index (χ2v) is 5.85. The number of ether oxygens (including phenoxy) is 1. The molecular weight excluding hydrogens is 282 g/mol. The number of piperidine rings is 1. The molecule has 2 atom stereocenters. The van der Waals surface area contributed by atoms with Crippen LogP contribution in [0.15, 0.2) is 41.2 Å². The van der Waals surface area contributed by atoms with Crippen LogP contribution in [0.2, 0.25) is 0 Å². The Hall–Kier alpha value is -2.37. The predicted octanol–water partition coefficient (Wildman–Crippen LogP) is 2.28. The van der Waals surface area contributed by atoms with Crippen molar-refractivity contribution in [3.63, 3.8) is 0 Å². The van der Waals surface area contributed by atoms with Crippen LogP contribution in [0, 0.1) is 0 Å². The normalized spacial score (nSPS) is 26.9. The number of carbonyl (C=O) groups excluding carboxylic acids is 1. The van der Waals surface area contributed by atoms with E-state index in [1.807, 2.05) is 23.1 Å². The highest BCUT2D eigenvalue weighted by Gasteiger charge is 2.45. The van der Waals surface area contributed by atoms with Crippen LogP contribution < -0.4 is 4.74 Å². The predicted molar refractivity (Wildman–Crippen MR) is 77.4 cm³/mol. The Bertz CT molecular complexity index is 630. The molecule has 0 spiro atoms. The van der Waals surface area contributed by atoms with E-state index < -0.39 is 0 Å². The van der Waals surface area contributed by atoms with E-state index >= 15 is 0 Å². The van der Waals surface area contributed by atoms with Crippen molar-refractivity contribution in [1.82, 2.24) is 15.0 Å². The van der Waals surface area contributed by atoms with Crippen LogP contribution in [0.5, 0.6) is 5.88 Å². The lowest BCUT2D eigenvalue weighted by Gasteiger charge is -2.38. The van der Waals surface area contributed by atoms with Crippen LogP contribution in [0.4, 0.5) is 0 Å². The number of rotatable bonds is 3. The Labute approximate surface area is 128 Å². The molecule has 2 aromatic rings. The number of nitrogens with zero attached hydrogens (tertiary/aromatic N) is 3. The molecule has 2 fully saturated rings. The molecule has 1 amide bonds. The quantitative estimate of drug-likeness (QED) is 0.869. The van der Waals surface area contributed by atoms with Gasteiger partial charge in [-0.1, -0.05) is 11.2 Å². The fourth-order valence-corrected chi connectivity index (χ4v) is 3.60. The van der Waals surface area contributed by atoms with E-state index in [1.165, 1.54) is 6.20 Å². The highest BCUT2D eigenvalue weighted by atomic mass is 16.5. The van der Waals surface area contributed by atoms with E-state index in [2.05, 4.69) is 10.1 Å². The van der Waals surface area contributed by atoms with E-state index in [0.717, 1.165) is 25.7 Å². The van der Waals surface area contributed by atoms with Gasteiger partial charge in [-0.15, -0.1) is 0 Å². The summed E-state index contributed by atoms with van der Waals surface area (Å²) >= 11 is 0. The summed E-state index contributed by atoms with van der Waals surface area (Å²) in [6.45, 7) is 0. The zero-order chi connectivity index (χ0) is 14.9. The van der Waals surface area contributed by atoms with Gasteiger partial charge in [0, 0.05) is 43.3 Å². The Morgan fingerprint density at radius 1 is 1.18 bits per heavy atom. The summed E-state index contributed by atoms with van der Waals surface area (Å²) < 4.78 is 11.0. The average Bonchev–Trinajstić information content (AvgIpc) is 3.15. The summed E-state index contributed by atoms with van der Waals surface area (Å²) in [6, 6.07) is 7.70. The lowest BCUT2D eigenvalue weighted by molar-refractivity contribution is 0.0316. The number of amides is 1. The molecule has 0 radical (unpaired) electrons. The molecule has 2 saturated heterocycles. The number of hydrogen-bond donors (Lipinski definition) is 0. The number of fused-ring (bicyclic) bond motifs is 2. The number of hydrogen-bond acceptors (Lipinski definition) is 5. The number of pyridine rings is 1. The van der Waals surface area contributed by atoms with Gasteiger partial charge in [0.2, 0.25) is 11.6 Å². The molecule has 4 rings (SSSR count). The summed E-state index contributed by atoms with van der Waals surface area (Å²) in [4.78, 5) is 18.7. The third-order valence-electron chi connectivity index (χ3n) is 4.50. The zero-order valence-corrected chi connectivity index (χ0v) is 12.1. The maximum Gasteiger partial charge on any atom is 0.292 e. The van der Waals surface area contributed by atoms with Gasteiger partial charge in [-0.05, 0) is 18.9 Å². The molecule has 6 heteroatoms. The van der Waals surface area contributed by atoms with Crippen LogP contribution in [0.1, 0.15) is 36.2 Å². The van der Waals surface area contributed by atoms with Crippen molar-refractivity contribution in [1.29, 1.82) is 0 Å². The van der Waals surface area contributed by atoms with Crippen LogP contribution in [0.25, 0.3) is 0 Å². The molecule has 22 heavy (non-hydrogen) atoms. The Morgan fingerprint density at radius 3 is 2.64 bits per heavy atom. The van der Waals surface area contributed by atoms with Crippen LogP contribution in [0.3, 0.4) is 0 Å². The molecule has 4 heterocycles. The minimum absolute atomic E-state index is 0.0544. The van der Waals surface area contributed by atoms with E-state index in [9.17, 15) is 4.79 Å². The van der Waals surface area contributed by atoms with E-state index in [-0.39, 0.29) is 24.1 Å². The highest BCUT2D eigenvalue weighted by molar-refractivity contribution is 5.92. The molecule has 0 N–H and O–H groups in total. The minimum Gasteiger partial charge on any atom is -0.474 e. The van der Waals surface area contributed by atoms with Crippen LogP contribution in [-0.2, 0) is 0 Å². The summed E-state index contributed by atoms with van der Waals surface area (Å²) in [5.41, 5.74) is 0. The van der Waals surface area contributed by atoms with Gasteiger partial charge in [0.05, 0.1) is 6.20 Å². The second kappa shape index (κ2) is 5.44. The summed E-state index contributed by atoms with van der Waals surface area (Å²) in [7, 11) is 0. The molecular formula is C16H17N3O3. The largest absolute Gasteiger partial charge is 0.474 e. The van der Waals surface area contributed by atoms with E-state index in [0.29, 0.717) is 11.6 Å². The summed E-state index contributed by atoms with van der Waals surface area (Å²) in [6.07, 6.45) is 7.07. The van der Waals surface area contributed by atoms with Gasteiger partial charge in [-0.2, -0.15) is 0 Å². The molecule has 6 nitrogen and oxygen atoms in total. The van der Waals surface area contributed by atoms with Gasteiger partial charge >= 0.3 is 0 Å². The molecule has 2 aliphatic rings. The third-order valence-corrected chi connectivity index (χ3v) is 4.50. The molecule has 0 aromatic carbocycles. The topological polar surface area (TPSA) is 68.5 Å². The van der Waals surface area contributed by atoms with Crippen molar-refractivity contribution >= 4 is 5.91 Å². The monoisotopic (exact) mass is 299 g/mol. The zero-order valence-electron chi connectivity index (χ0n) is 12.1. The van der Waals surface area contributed by atoms with Gasteiger partial charge in [0.25, 0.3) is 5.91 Å². The Kier molecular flexibility index (Phi) is 3.29. The summed E-state index contributed by atoms with van der Waals surface area (Å²) in [5.74, 6) is 0.921. The SMILES string of the molecule is O=C(c1ccno1)N1C2CCC1CC(Oc1ccccn1)C2. The first-order valence-corrected chi connectivity index (χ1v) is 7.62. The fraction of sp³-hybridized carbons (Fsp3) is 0.438. The van der Waals surface area contributed by atoms with Gasteiger partial charge < -0.3 is 14.2 Å². The van der Waals surface area contributed by atoms with Crippen LogP contribution in [-0.4, -0.2) is 39.1 Å². The standard InChI is InChI=1S/C16H17N3O3/c20-16(14-6-8-18-22-14)19-11-4-5-12(19)10-13(9-11)21-15-3-1-2-7-17-15/h1-3,6-8,11-13H,4-5,9-10H2. The average molecular weight is 299 g/mol. The molecule has 2 aliphatic heterocycles. The maximum absolute atomic E-state index is 12.5. The molecule has 2 aromatic heterocycles. The lowest BCUT2D eigenvalue weighted by atomic mass is 9.99. The first-order chi connectivity index (χ1) is 10.8.